The van der Waals surface area contributed by atoms with Crippen LogP contribution in [0.25, 0.3) is 6.08 Å². The quantitative estimate of drug-likeness (QED) is 0.396. The van der Waals surface area contributed by atoms with Crippen LogP contribution in [0.15, 0.2) is 84.9 Å². The Hall–Kier alpha value is -4.57. The molecule has 0 saturated carbocycles. The van der Waals surface area contributed by atoms with E-state index < -0.39 is 18.5 Å². The first-order valence-corrected chi connectivity index (χ1v) is 9.70. The van der Waals surface area contributed by atoms with Crippen LogP contribution < -0.4 is 14.8 Å². The summed E-state index contributed by atoms with van der Waals surface area (Å²) in [6.07, 6.45) is 2.78. The van der Waals surface area contributed by atoms with Gasteiger partial charge in [-0.05, 0) is 48.0 Å². The second-order valence-corrected chi connectivity index (χ2v) is 6.42. The largest absolute Gasteiger partial charge is 0.479 e. The number of amides is 1. The summed E-state index contributed by atoms with van der Waals surface area (Å²) in [7, 11) is 0. The molecule has 0 atom stereocenters. The van der Waals surface area contributed by atoms with Gasteiger partial charge in [0.1, 0.15) is 17.6 Å². The second-order valence-electron chi connectivity index (χ2n) is 6.42. The first kappa shape index (κ1) is 22.1. The molecule has 0 aliphatic carbocycles. The number of hydrogen-bond acceptors (Lipinski definition) is 6. The Bertz CT molecular complexity index is 1120. The van der Waals surface area contributed by atoms with E-state index in [-0.39, 0.29) is 6.61 Å². The average Bonchev–Trinajstić information content (AvgIpc) is 2.82. The van der Waals surface area contributed by atoms with E-state index >= 15 is 0 Å². The predicted octanol–water partition coefficient (Wildman–Crippen LogP) is 4.58. The van der Waals surface area contributed by atoms with Crippen molar-refractivity contribution in [1.29, 1.82) is 5.26 Å². The number of carbonyl (C=O) groups excluding carboxylic acids is 2. The maximum Gasteiger partial charge on any atom is 0.331 e. The lowest BCUT2D eigenvalue weighted by Crippen LogP contribution is -2.20. The molecule has 0 fully saturated rings. The topological polar surface area (TPSA) is 97.6 Å². The smallest absolute Gasteiger partial charge is 0.331 e. The number of benzene rings is 3. The third-order valence-corrected chi connectivity index (χ3v) is 4.07. The van der Waals surface area contributed by atoms with Gasteiger partial charge >= 0.3 is 5.97 Å². The highest BCUT2D eigenvalue weighted by molar-refractivity contribution is 5.95. The minimum atomic E-state index is -0.654. The lowest BCUT2D eigenvalue weighted by Gasteiger charge is -2.12. The van der Waals surface area contributed by atoms with E-state index in [1.807, 2.05) is 24.3 Å². The fraction of sp³-hybridized carbons (Fsp3) is 0.0800. The van der Waals surface area contributed by atoms with Gasteiger partial charge < -0.3 is 19.5 Å². The lowest BCUT2D eigenvalue weighted by atomic mass is 10.2. The Kier molecular flexibility index (Phi) is 8.00. The van der Waals surface area contributed by atoms with Gasteiger partial charge in [-0.2, -0.15) is 5.26 Å². The van der Waals surface area contributed by atoms with E-state index in [0.717, 1.165) is 5.56 Å². The molecule has 0 radical (unpaired) electrons. The normalized spacial score (nSPS) is 10.2. The van der Waals surface area contributed by atoms with Crippen LogP contribution in [0.1, 0.15) is 5.56 Å². The van der Waals surface area contributed by atoms with E-state index in [0.29, 0.717) is 22.9 Å². The molecule has 3 rings (SSSR count). The average molecular weight is 428 g/mol. The van der Waals surface area contributed by atoms with Gasteiger partial charge in [0.2, 0.25) is 0 Å². The van der Waals surface area contributed by atoms with Crippen LogP contribution in [0.5, 0.6) is 17.2 Å². The molecular formula is C25H20N2O5. The molecule has 3 aromatic carbocycles. The molecule has 7 heteroatoms. The van der Waals surface area contributed by atoms with Crippen LogP contribution >= 0.6 is 0 Å². The van der Waals surface area contributed by atoms with Gasteiger partial charge in [-0.1, -0.05) is 42.5 Å². The number of ether oxygens (including phenoxy) is 3. The van der Waals surface area contributed by atoms with Crippen molar-refractivity contribution < 1.29 is 23.8 Å². The summed E-state index contributed by atoms with van der Waals surface area (Å²) in [5.74, 6) is 0.518. The highest BCUT2D eigenvalue weighted by Gasteiger charge is 2.10. The van der Waals surface area contributed by atoms with E-state index in [4.69, 9.17) is 19.5 Å². The predicted molar refractivity (Wildman–Crippen MR) is 119 cm³/mol. The van der Waals surface area contributed by atoms with Crippen LogP contribution in [-0.4, -0.2) is 25.1 Å². The number of anilines is 1. The van der Waals surface area contributed by atoms with Crippen molar-refractivity contribution in [2.45, 2.75) is 0 Å². The van der Waals surface area contributed by atoms with E-state index in [9.17, 15) is 9.59 Å². The Labute approximate surface area is 185 Å². The summed E-state index contributed by atoms with van der Waals surface area (Å²) in [4.78, 5) is 24.1. The summed E-state index contributed by atoms with van der Waals surface area (Å²) in [6.45, 7) is -0.476. The number of esters is 1. The van der Waals surface area contributed by atoms with Crippen molar-refractivity contribution in [2.75, 3.05) is 18.5 Å². The molecule has 1 amide bonds. The number of nitrogens with one attached hydrogen (secondary N) is 1. The Morgan fingerprint density at radius 1 is 0.906 bits per heavy atom. The van der Waals surface area contributed by atoms with Crippen molar-refractivity contribution >= 4 is 23.6 Å². The van der Waals surface area contributed by atoms with Gasteiger partial charge in [0, 0.05) is 6.08 Å². The molecule has 0 aliphatic heterocycles. The monoisotopic (exact) mass is 428 g/mol. The minimum absolute atomic E-state index is 0.0353. The lowest BCUT2D eigenvalue weighted by molar-refractivity contribution is -0.142. The van der Waals surface area contributed by atoms with Gasteiger partial charge in [-0.3, -0.25) is 4.79 Å². The number of nitrogens with zero attached hydrogens (tertiary/aromatic N) is 1. The highest BCUT2D eigenvalue weighted by atomic mass is 16.5. The van der Waals surface area contributed by atoms with Crippen LogP contribution in [0.4, 0.5) is 5.69 Å². The molecule has 3 aromatic rings. The summed E-state index contributed by atoms with van der Waals surface area (Å²) in [5, 5.41) is 11.2. The third-order valence-electron chi connectivity index (χ3n) is 4.07. The van der Waals surface area contributed by atoms with Crippen molar-refractivity contribution in [3.8, 4) is 23.3 Å². The maximum atomic E-state index is 12.2. The number of carbonyl (C=O) groups is 2. The number of para-hydroxylation sites is 3. The van der Waals surface area contributed by atoms with Crippen molar-refractivity contribution in [1.82, 2.24) is 0 Å². The van der Waals surface area contributed by atoms with E-state index in [2.05, 4.69) is 5.32 Å². The summed E-state index contributed by atoms with van der Waals surface area (Å²) in [6, 6.07) is 24.9. The number of nitriles is 1. The van der Waals surface area contributed by atoms with Gasteiger partial charge in [-0.15, -0.1) is 0 Å². The molecule has 0 aliphatic rings. The minimum Gasteiger partial charge on any atom is -0.479 e. The molecule has 160 valence electrons. The van der Waals surface area contributed by atoms with Crippen LogP contribution in [0.2, 0.25) is 0 Å². The second kappa shape index (κ2) is 11.6. The van der Waals surface area contributed by atoms with Crippen molar-refractivity contribution in [3.05, 3.63) is 90.5 Å². The maximum absolute atomic E-state index is 12.2. The fourth-order valence-electron chi connectivity index (χ4n) is 2.60. The molecule has 0 unspecified atom stereocenters. The van der Waals surface area contributed by atoms with Crippen molar-refractivity contribution in [3.63, 3.8) is 0 Å². The third kappa shape index (κ3) is 7.04. The number of hydrogen-bond donors (Lipinski definition) is 1. The van der Waals surface area contributed by atoms with Crippen LogP contribution in [0.3, 0.4) is 0 Å². The summed E-state index contributed by atoms with van der Waals surface area (Å²) < 4.78 is 15.9. The Balaban J connectivity index is 1.49. The van der Waals surface area contributed by atoms with E-state index in [1.54, 1.807) is 66.7 Å². The molecule has 0 aromatic heterocycles. The molecule has 0 heterocycles. The Morgan fingerprint density at radius 2 is 1.62 bits per heavy atom. The van der Waals surface area contributed by atoms with Gasteiger partial charge in [0.05, 0.1) is 5.69 Å². The molecule has 0 spiro atoms. The van der Waals surface area contributed by atoms with Gasteiger partial charge in [0.15, 0.2) is 19.0 Å². The standard InChI is InChI=1S/C25H20N2O5/c26-16-17-30-20-13-10-19(11-14-20)12-15-25(29)31-18-24(28)27-22-8-4-5-9-23(22)32-21-6-2-1-3-7-21/h1-15H,17-18H2,(H,27,28)/b15-12+. The molecule has 0 saturated heterocycles. The molecular weight excluding hydrogens is 408 g/mol. The van der Waals surface area contributed by atoms with Crippen molar-refractivity contribution in [2.24, 2.45) is 0 Å². The molecule has 7 nitrogen and oxygen atoms in total. The summed E-state index contributed by atoms with van der Waals surface area (Å²) in [5.41, 5.74) is 1.20. The first-order chi connectivity index (χ1) is 15.6. The molecule has 0 bridgehead atoms. The number of rotatable bonds is 9. The highest BCUT2D eigenvalue weighted by Crippen LogP contribution is 2.29. The van der Waals surface area contributed by atoms with Crippen LogP contribution in [0, 0.1) is 11.3 Å². The molecule has 32 heavy (non-hydrogen) atoms. The van der Waals surface area contributed by atoms with Crippen LogP contribution in [-0.2, 0) is 14.3 Å². The summed E-state index contributed by atoms with van der Waals surface area (Å²) >= 11 is 0. The van der Waals surface area contributed by atoms with E-state index in [1.165, 1.54) is 6.08 Å². The fourth-order valence-corrected chi connectivity index (χ4v) is 2.60. The zero-order valence-corrected chi connectivity index (χ0v) is 17.1. The van der Waals surface area contributed by atoms with Gasteiger partial charge in [0.25, 0.3) is 5.91 Å². The first-order valence-electron chi connectivity index (χ1n) is 9.70. The van der Waals surface area contributed by atoms with Gasteiger partial charge in [-0.25, -0.2) is 4.79 Å². The zero-order chi connectivity index (χ0) is 22.6. The zero-order valence-electron chi connectivity index (χ0n) is 17.1. The SMILES string of the molecule is N#CCOc1ccc(/C=C/C(=O)OCC(=O)Nc2ccccc2Oc2ccccc2)cc1. The molecule has 1 N–H and O–H groups in total. The Morgan fingerprint density at radius 3 is 2.38 bits per heavy atom.